The normalized spacial score (nSPS) is 22.6. The quantitative estimate of drug-likeness (QED) is 0.256. The van der Waals surface area contributed by atoms with Crippen LogP contribution < -0.4 is 20.9 Å². The highest BCUT2D eigenvalue weighted by Crippen LogP contribution is 2.21. The number of carbonyl (C=O) groups excluding carboxylic acids is 2. The molecule has 2 fully saturated rings. The number of hydrogen-bond acceptors (Lipinski definition) is 4. The molecular formula is C23H36N6O2. The highest BCUT2D eigenvalue weighted by molar-refractivity contribution is 6.06. The van der Waals surface area contributed by atoms with Gasteiger partial charge in [0, 0.05) is 44.5 Å². The van der Waals surface area contributed by atoms with Crippen molar-refractivity contribution in [3.8, 4) is 0 Å². The molecule has 3 rings (SSSR count). The lowest BCUT2D eigenvalue weighted by Crippen LogP contribution is -2.48. The van der Waals surface area contributed by atoms with E-state index in [2.05, 4.69) is 50.1 Å². The lowest BCUT2D eigenvalue weighted by atomic mass is 9.99. The number of carbonyl (C=O) groups is 2. The van der Waals surface area contributed by atoms with Gasteiger partial charge < -0.3 is 20.9 Å². The van der Waals surface area contributed by atoms with E-state index in [4.69, 9.17) is 0 Å². The minimum Gasteiger partial charge on any atom is -0.371 e. The van der Waals surface area contributed by atoms with Crippen LogP contribution in [-0.2, 0) is 4.79 Å². The van der Waals surface area contributed by atoms with E-state index in [-0.39, 0.29) is 11.9 Å². The predicted octanol–water partition coefficient (Wildman–Crippen LogP) is 2.32. The van der Waals surface area contributed by atoms with E-state index >= 15 is 0 Å². The number of nitrogens with zero attached hydrogens (tertiary/aromatic N) is 3. The standard InChI is InChI=1S/C23H36N6O2/c1-4-23(3)20(30)29(22(31)27-23)15-9-14-25-21(24-5-2)26-18-12-16-28(17-13-18)19-10-7-6-8-11-19/h6-8,10-11,18H,4-5,9,12-17H2,1-3H3,(H,27,31)(H2,24,25,26). The average molecular weight is 429 g/mol. The zero-order valence-electron chi connectivity index (χ0n) is 19.0. The highest BCUT2D eigenvalue weighted by Gasteiger charge is 2.45. The van der Waals surface area contributed by atoms with Crippen LogP contribution in [0.2, 0.25) is 0 Å². The van der Waals surface area contributed by atoms with Gasteiger partial charge in [0.05, 0.1) is 0 Å². The zero-order chi connectivity index (χ0) is 22.3. The summed E-state index contributed by atoms with van der Waals surface area (Å²) in [6, 6.07) is 10.6. The van der Waals surface area contributed by atoms with Gasteiger partial charge in [0.1, 0.15) is 5.54 Å². The van der Waals surface area contributed by atoms with E-state index in [0.29, 0.717) is 32.0 Å². The largest absolute Gasteiger partial charge is 0.371 e. The number of hydrogen-bond donors (Lipinski definition) is 3. The maximum Gasteiger partial charge on any atom is 0.325 e. The Morgan fingerprint density at radius 1 is 1.19 bits per heavy atom. The van der Waals surface area contributed by atoms with Crippen molar-refractivity contribution in [2.45, 2.75) is 58.0 Å². The average Bonchev–Trinajstić information content (AvgIpc) is 3.01. The summed E-state index contributed by atoms with van der Waals surface area (Å²) >= 11 is 0. The smallest absolute Gasteiger partial charge is 0.325 e. The molecule has 0 aliphatic carbocycles. The molecule has 0 aromatic heterocycles. The molecule has 1 aromatic rings. The highest BCUT2D eigenvalue weighted by atomic mass is 16.2. The summed E-state index contributed by atoms with van der Waals surface area (Å²) in [6.45, 7) is 9.50. The van der Waals surface area contributed by atoms with Crippen molar-refractivity contribution in [1.82, 2.24) is 20.9 Å². The number of aliphatic imine (C=N–C) groups is 1. The first-order valence-electron chi connectivity index (χ1n) is 11.5. The van der Waals surface area contributed by atoms with Gasteiger partial charge in [-0.3, -0.25) is 14.7 Å². The SMILES string of the molecule is CCNC(=NCCCN1C(=O)NC(C)(CC)C1=O)NC1CCN(c2ccccc2)CC1. The number of anilines is 1. The molecule has 0 spiro atoms. The molecule has 2 saturated heterocycles. The third kappa shape index (κ3) is 5.68. The predicted molar refractivity (Wildman–Crippen MR) is 124 cm³/mol. The lowest BCUT2D eigenvalue weighted by Gasteiger charge is -2.34. The number of urea groups is 1. The Morgan fingerprint density at radius 3 is 2.52 bits per heavy atom. The molecule has 0 saturated carbocycles. The first-order chi connectivity index (χ1) is 15.0. The minimum atomic E-state index is -0.772. The van der Waals surface area contributed by atoms with E-state index < -0.39 is 5.54 Å². The number of nitrogens with one attached hydrogen (secondary N) is 3. The fraction of sp³-hybridized carbons (Fsp3) is 0.609. The Bertz CT molecular complexity index is 776. The molecule has 2 aliphatic heterocycles. The first kappa shape index (κ1) is 22.9. The molecule has 31 heavy (non-hydrogen) atoms. The van der Waals surface area contributed by atoms with Crippen LogP contribution in [0.3, 0.4) is 0 Å². The number of benzene rings is 1. The first-order valence-corrected chi connectivity index (χ1v) is 11.5. The third-order valence-electron chi connectivity index (χ3n) is 6.16. The second-order valence-electron chi connectivity index (χ2n) is 8.43. The fourth-order valence-electron chi connectivity index (χ4n) is 4.04. The van der Waals surface area contributed by atoms with Gasteiger partial charge in [-0.2, -0.15) is 0 Å². The van der Waals surface area contributed by atoms with Crippen molar-refractivity contribution in [1.29, 1.82) is 0 Å². The second kappa shape index (κ2) is 10.5. The molecule has 3 N–H and O–H groups in total. The molecule has 170 valence electrons. The topological polar surface area (TPSA) is 89.1 Å². The summed E-state index contributed by atoms with van der Waals surface area (Å²) in [6.07, 6.45) is 3.33. The Balaban J connectivity index is 1.45. The van der Waals surface area contributed by atoms with Crippen LogP contribution in [0.5, 0.6) is 0 Å². The Morgan fingerprint density at radius 2 is 1.90 bits per heavy atom. The molecule has 0 radical (unpaired) electrons. The van der Waals surface area contributed by atoms with Gasteiger partial charge in [-0.05, 0) is 51.7 Å². The van der Waals surface area contributed by atoms with Crippen LogP contribution in [0.25, 0.3) is 0 Å². The van der Waals surface area contributed by atoms with E-state index in [1.165, 1.54) is 10.6 Å². The van der Waals surface area contributed by atoms with E-state index in [1.807, 2.05) is 19.9 Å². The van der Waals surface area contributed by atoms with Crippen LogP contribution >= 0.6 is 0 Å². The van der Waals surface area contributed by atoms with Gasteiger partial charge in [0.2, 0.25) is 0 Å². The molecule has 1 atom stereocenters. The molecule has 1 aromatic carbocycles. The summed E-state index contributed by atoms with van der Waals surface area (Å²) in [5.74, 6) is 0.662. The van der Waals surface area contributed by atoms with E-state index in [0.717, 1.165) is 38.4 Å². The molecule has 8 nitrogen and oxygen atoms in total. The summed E-state index contributed by atoms with van der Waals surface area (Å²) in [5.41, 5.74) is 0.507. The van der Waals surface area contributed by atoms with Gasteiger partial charge in [0.25, 0.3) is 5.91 Å². The molecule has 1 unspecified atom stereocenters. The number of guanidine groups is 1. The van der Waals surface area contributed by atoms with Crippen LogP contribution in [0.4, 0.5) is 10.5 Å². The zero-order valence-corrected chi connectivity index (χ0v) is 19.0. The second-order valence-corrected chi connectivity index (χ2v) is 8.43. The number of piperidine rings is 1. The molecular weight excluding hydrogens is 392 g/mol. The Hall–Kier alpha value is -2.77. The van der Waals surface area contributed by atoms with E-state index in [1.54, 1.807) is 6.92 Å². The van der Waals surface area contributed by atoms with Gasteiger partial charge in [0.15, 0.2) is 5.96 Å². The molecule has 2 heterocycles. The fourth-order valence-corrected chi connectivity index (χ4v) is 4.04. The summed E-state index contributed by atoms with van der Waals surface area (Å²) < 4.78 is 0. The Labute approximate surface area is 185 Å². The van der Waals surface area contributed by atoms with E-state index in [9.17, 15) is 9.59 Å². The number of imide groups is 1. The van der Waals surface area contributed by atoms with Crippen LogP contribution in [0.1, 0.15) is 46.5 Å². The van der Waals surface area contributed by atoms with Gasteiger partial charge in [-0.15, -0.1) is 0 Å². The van der Waals surface area contributed by atoms with Crippen LogP contribution in [0, 0.1) is 0 Å². The number of amides is 3. The van der Waals surface area contributed by atoms with Crippen molar-refractivity contribution in [2.75, 3.05) is 37.6 Å². The van der Waals surface area contributed by atoms with Crippen LogP contribution in [-0.4, -0.2) is 67.1 Å². The van der Waals surface area contributed by atoms with Crippen molar-refractivity contribution in [3.05, 3.63) is 30.3 Å². The van der Waals surface area contributed by atoms with Crippen molar-refractivity contribution < 1.29 is 9.59 Å². The van der Waals surface area contributed by atoms with Crippen molar-refractivity contribution >= 4 is 23.6 Å². The maximum atomic E-state index is 12.5. The Kier molecular flexibility index (Phi) is 7.76. The third-order valence-corrected chi connectivity index (χ3v) is 6.16. The van der Waals surface area contributed by atoms with Crippen molar-refractivity contribution in [3.63, 3.8) is 0 Å². The number of rotatable bonds is 8. The minimum absolute atomic E-state index is 0.140. The summed E-state index contributed by atoms with van der Waals surface area (Å²) in [5, 5.41) is 9.65. The molecule has 2 aliphatic rings. The van der Waals surface area contributed by atoms with Gasteiger partial charge in [-0.25, -0.2) is 4.79 Å². The van der Waals surface area contributed by atoms with Crippen LogP contribution in [0.15, 0.2) is 35.3 Å². The molecule has 0 bridgehead atoms. The maximum absolute atomic E-state index is 12.5. The number of para-hydroxylation sites is 1. The van der Waals surface area contributed by atoms with Gasteiger partial charge >= 0.3 is 6.03 Å². The summed E-state index contributed by atoms with van der Waals surface area (Å²) in [7, 11) is 0. The summed E-state index contributed by atoms with van der Waals surface area (Å²) in [4.78, 5) is 33.0. The lowest BCUT2D eigenvalue weighted by molar-refractivity contribution is -0.130. The van der Waals surface area contributed by atoms with Gasteiger partial charge in [-0.1, -0.05) is 25.1 Å². The monoisotopic (exact) mass is 428 g/mol. The molecule has 3 amide bonds. The van der Waals surface area contributed by atoms with Crippen molar-refractivity contribution in [2.24, 2.45) is 4.99 Å². The molecule has 8 heteroatoms.